The molecule has 1 aliphatic rings. The summed E-state index contributed by atoms with van der Waals surface area (Å²) in [6.45, 7) is 4.68. The summed E-state index contributed by atoms with van der Waals surface area (Å²) in [6, 6.07) is 15.5. The molecule has 3 rings (SSSR count). The van der Waals surface area contributed by atoms with Gasteiger partial charge in [-0.25, -0.2) is 9.18 Å². The molecule has 26 heavy (non-hydrogen) atoms. The molecule has 0 bridgehead atoms. The number of benzene rings is 2. The highest BCUT2D eigenvalue weighted by atomic mass is 19.1. The van der Waals surface area contributed by atoms with Crippen molar-refractivity contribution >= 4 is 11.7 Å². The zero-order valence-electron chi connectivity index (χ0n) is 14.7. The van der Waals surface area contributed by atoms with Gasteiger partial charge in [0.15, 0.2) is 0 Å². The van der Waals surface area contributed by atoms with E-state index in [0.29, 0.717) is 12.4 Å². The molecule has 0 unspecified atom stereocenters. The maximum atomic E-state index is 12.8. The van der Waals surface area contributed by atoms with Gasteiger partial charge in [0.05, 0.1) is 6.61 Å². The number of para-hydroxylation sites is 1. The SMILES string of the molecule is O=C(Nc1ccccc1)N1CCN(CCCOc2ccc(F)cc2)CC1. The Morgan fingerprint density at radius 1 is 1.00 bits per heavy atom. The van der Waals surface area contributed by atoms with Gasteiger partial charge in [-0.3, -0.25) is 4.90 Å². The first kappa shape index (κ1) is 18.2. The van der Waals surface area contributed by atoms with Gasteiger partial charge in [-0.05, 0) is 42.8 Å². The second kappa shape index (κ2) is 9.20. The van der Waals surface area contributed by atoms with Crippen LogP contribution in [-0.2, 0) is 0 Å². The molecule has 1 aliphatic heterocycles. The molecule has 0 saturated carbocycles. The molecule has 5 nitrogen and oxygen atoms in total. The molecule has 0 atom stereocenters. The Kier molecular flexibility index (Phi) is 6.44. The highest BCUT2D eigenvalue weighted by molar-refractivity contribution is 5.89. The van der Waals surface area contributed by atoms with E-state index in [4.69, 9.17) is 4.74 Å². The lowest BCUT2D eigenvalue weighted by Crippen LogP contribution is -2.50. The molecule has 6 heteroatoms. The van der Waals surface area contributed by atoms with Crippen LogP contribution >= 0.6 is 0 Å². The van der Waals surface area contributed by atoms with Gasteiger partial charge in [-0.15, -0.1) is 0 Å². The third-order valence-electron chi connectivity index (χ3n) is 4.39. The maximum Gasteiger partial charge on any atom is 0.321 e. The highest BCUT2D eigenvalue weighted by Crippen LogP contribution is 2.12. The zero-order chi connectivity index (χ0) is 18.2. The summed E-state index contributed by atoms with van der Waals surface area (Å²) in [5, 5.41) is 2.92. The number of halogens is 1. The van der Waals surface area contributed by atoms with E-state index in [9.17, 15) is 9.18 Å². The Balaban J connectivity index is 1.32. The van der Waals surface area contributed by atoms with Gasteiger partial charge >= 0.3 is 6.03 Å². The first-order valence-corrected chi connectivity index (χ1v) is 8.92. The van der Waals surface area contributed by atoms with Crippen LogP contribution in [0.25, 0.3) is 0 Å². The lowest BCUT2D eigenvalue weighted by Gasteiger charge is -2.34. The van der Waals surface area contributed by atoms with Gasteiger partial charge in [0.25, 0.3) is 0 Å². The van der Waals surface area contributed by atoms with Crippen LogP contribution in [0.5, 0.6) is 5.75 Å². The summed E-state index contributed by atoms with van der Waals surface area (Å²) in [5.41, 5.74) is 0.817. The summed E-state index contributed by atoms with van der Waals surface area (Å²) >= 11 is 0. The number of ether oxygens (including phenoxy) is 1. The molecule has 138 valence electrons. The molecule has 0 aromatic heterocycles. The van der Waals surface area contributed by atoms with Crippen molar-refractivity contribution in [2.24, 2.45) is 0 Å². The lowest BCUT2D eigenvalue weighted by atomic mass is 10.3. The van der Waals surface area contributed by atoms with Crippen molar-refractivity contribution in [1.82, 2.24) is 9.80 Å². The van der Waals surface area contributed by atoms with Crippen molar-refractivity contribution in [2.45, 2.75) is 6.42 Å². The van der Waals surface area contributed by atoms with Crippen LogP contribution < -0.4 is 10.1 Å². The molecule has 1 N–H and O–H groups in total. The summed E-state index contributed by atoms with van der Waals surface area (Å²) in [5.74, 6) is 0.431. The fourth-order valence-electron chi connectivity index (χ4n) is 2.91. The summed E-state index contributed by atoms with van der Waals surface area (Å²) in [6.07, 6.45) is 0.896. The maximum absolute atomic E-state index is 12.8. The number of nitrogens with zero attached hydrogens (tertiary/aromatic N) is 2. The van der Waals surface area contributed by atoms with Gasteiger partial charge in [0.1, 0.15) is 11.6 Å². The Bertz CT molecular complexity index is 686. The van der Waals surface area contributed by atoms with Gasteiger partial charge in [0, 0.05) is 38.4 Å². The van der Waals surface area contributed by atoms with E-state index in [1.807, 2.05) is 35.2 Å². The van der Waals surface area contributed by atoms with Crippen LogP contribution in [0.1, 0.15) is 6.42 Å². The van der Waals surface area contributed by atoms with E-state index in [-0.39, 0.29) is 11.8 Å². The monoisotopic (exact) mass is 357 g/mol. The number of urea groups is 1. The highest BCUT2D eigenvalue weighted by Gasteiger charge is 2.20. The Morgan fingerprint density at radius 3 is 2.38 bits per heavy atom. The van der Waals surface area contributed by atoms with Crippen molar-refractivity contribution in [3.05, 3.63) is 60.4 Å². The molecule has 0 aliphatic carbocycles. The van der Waals surface area contributed by atoms with E-state index >= 15 is 0 Å². The van der Waals surface area contributed by atoms with E-state index < -0.39 is 0 Å². The number of anilines is 1. The first-order chi connectivity index (χ1) is 12.7. The predicted molar refractivity (Wildman–Crippen MR) is 100.0 cm³/mol. The van der Waals surface area contributed by atoms with E-state index in [2.05, 4.69) is 10.2 Å². The van der Waals surface area contributed by atoms with Crippen molar-refractivity contribution in [2.75, 3.05) is 44.6 Å². The molecule has 1 saturated heterocycles. The van der Waals surface area contributed by atoms with E-state index in [0.717, 1.165) is 44.8 Å². The minimum Gasteiger partial charge on any atom is -0.494 e. The minimum atomic E-state index is -0.258. The van der Waals surface area contributed by atoms with Crippen LogP contribution in [0, 0.1) is 5.82 Å². The van der Waals surface area contributed by atoms with Crippen molar-refractivity contribution in [1.29, 1.82) is 0 Å². The molecule has 0 spiro atoms. The Hall–Kier alpha value is -2.60. The third-order valence-corrected chi connectivity index (χ3v) is 4.39. The van der Waals surface area contributed by atoms with Gasteiger partial charge < -0.3 is 15.0 Å². The summed E-state index contributed by atoms with van der Waals surface area (Å²) in [4.78, 5) is 16.4. The molecule has 1 fully saturated rings. The van der Waals surface area contributed by atoms with E-state index in [1.165, 1.54) is 12.1 Å². The van der Waals surface area contributed by atoms with Crippen LogP contribution in [0.3, 0.4) is 0 Å². The largest absolute Gasteiger partial charge is 0.494 e. The van der Waals surface area contributed by atoms with Gasteiger partial charge in [0.2, 0.25) is 0 Å². The fraction of sp³-hybridized carbons (Fsp3) is 0.350. The second-order valence-corrected chi connectivity index (χ2v) is 6.28. The van der Waals surface area contributed by atoms with Crippen molar-refractivity contribution in [3.63, 3.8) is 0 Å². The van der Waals surface area contributed by atoms with Gasteiger partial charge in [-0.1, -0.05) is 18.2 Å². The molecular weight excluding hydrogens is 333 g/mol. The molecule has 2 amide bonds. The lowest BCUT2D eigenvalue weighted by molar-refractivity contribution is 0.141. The number of nitrogens with one attached hydrogen (secondary N) is 1. The number of piperazine rings is 1. The molecule has 2 aromatic rings. The smallest absolute Gasteiger partial charge is 0.321 e. The minimum absolute atomic E-state index is 0.0458. The molecule has 2 aromatic carbocycles. The number of amides is 2. The van der Waals surface area contributed by atoms with Crippen LogP contribution in [0.15, 0.2) is 54.6 Å². The Labute approximate surface area is 153 Å². The average Bonchev–Trinajstić information content (AvgIpc) is 2.68. The number of hydrogen-bond acceptors (Lipinski definition) is 3. The standard InChI is InChI=1S/C20H24FN3O2/c21-17-7-9-19(10-8-17)26-16-4-11-23-12-14-24(15-13-23)20(25)22-18-5-2-1-3-6-18/h1-3,5-10H,4,11-16H2,(H,22,25). The fourth-order valence-corrected chi connectivity index (χ4v) is 2.91. The first-order valence-electron chi connectivity index (χ1n) is 8.92. The quantitative estimate of drug-likeness (QED) is 0.806. The second-order valence-electron chi connectivity index (χ2n) is 6.28. The van der Waals surface area contributed by atoms with Crippen LogP contribution in [0.2, 0.25) is 0 Å². The molecular formula is C20H24FN3O2. The summed E-state index contributed by atoms with van der Waals surface area (Å²) in [7, 11) is 0. The number of carbonyl (C=O) groups excluding carboxylic acids is 1. The third kappa shape index (κ3) is 5.46. The van der Waals surface area contributed by atoms with E-state index in [1.54, 1.807) is 12.1 Å². The number of carbonyl (C=O) groups is 1. The number of hydrogen-bond donors (Lipinski definition) is 1. The molecule has 0 radical (unpaired) electrons. The molecule has 1 heterocycles. The van der Waals surface area contributed by atoms with Crippen LogP contribution in [-0.4, -0.2) is 55.2 Å². The number of rotatable bonds is 6. The summed E-state index contributed by atoms with van der Waals surface area (Å²) < 4.78 is 18.4. The topological polar surface area (TPSA) is 44.8 Å². The zero-order valence-corrected chi connectivity index (χ0v) is 14.7. The predicted octanol–water partition coefficient (Wildman–Crippen LogP) is 3.44. The van der Waals surface area contributed by atoms with Gasteiger partial charge in [-0.2, -0.15) is 0 Å². The van der Waals surface area contributed by atoms with Crippen LogP contribution in [0.4, 0.5) is 14.9 Å². The Morgan fingerprint density at radius 2 is 1.69 bits per heavy atom. The normalized spacial score (nSPS) is 14.9. The van der Waals surface area contributed by atoms with Crippen molar-refractivity contribution < 1.29 is 13.9 Å². The van der Waals surface area contributed by atoms with Crippen molar-refractivity contribution in [3.8, 4) is 5.75 Å². The average molecular weight is 357 g/mol.